The van der Waals surface area contributed by atoms with Gasteiger partial charge in [0.05, 0.1) is 6.61 Å². The summed E-state index contributed by atoms with van der Waals surface area (Å²) in [6.07, 6.45) is 11.2. The average Bonchev–Trinajstić information content (AvgIpc) is 2.30. The van der Waals surface area contributed by atoms with E-state index in [1.54, 1.807) is 6.08 Å². The monoisotopic (exact) mass is 242 g/mol. The van der Waals surface area contributed by atoms with Crippen LogP contribution in [0.15, 0.2) is 12.7 Å². The molecule has 0 spiro atoms. The molecule has 0 heterocycles. The molecule has 0 atom stereocenters. The summed E-state index contributed by atoms with van der Waals surface area (Å²) in [5.74, 6) is -0.676. The van der Waals surface area contributed by atoms with Gasteiger partial charge in [-0.25, -0.2) is 0 Å². The predicted molar refractivity (Wildman–Crippen MR) is 70.2 cm³/mol. The summed E-state index contributed by atoms with van der Waals surface area (Å²) < 4.78 is 5.29. The SMILES string of the molecule is C=CCOCCCCCCCCCCC(=O)O. The highest BCUT2D eigenvalue weighted by Crippen LogP contribution is 2.09. The van der Waals surface area contributed by atoms with Crippen LogP contribution in [0.1, 0.15) is 57.8 Å². The molecule has 0 aliphatic carbocycles. The number of carbonyl (C=O) groups is 1. The smallest absolute Gasteiger partial charge is 0.303 e. The molecule has 3 nitrogen and oxygen atoms in total. The van der Waals surface area contributed by atoms with E-state index in [1.165, 1.54) is 32.1 Å². The first-order chi connectivity index (χ1) is 8.27. The molecule has 0 aliphatic heterocycles. The minimum absolute atomic E-state index is 0.320. The van der Waals surface area contributed by atoms with Gasteiger partial charge in [0.15, 0.2) is 0 Å². The van der Waals surface area contributed by atoms with E-state index in [-0.39, 0.29) is 0 Å². The first kappa shape index (κ1) is 16.2. The quantitative estimate of drug-likeness (QED) is 0.395. The predicted octanol–water partition coefficient (Wildman–Crippen LogP) is 3.78. The van der Waals surface area contributed by atoms with Crippen LogP contribution in [0.3, 0.4) is 0 Å². The van der Waals surface area contributed by atoms with Gasteiger partial charge in [-0.05, 0) is 12.8 Å². The van der Waals surface area contributed by atoms with E-state index in [0.717, 1.165) is 25.9 Å². The Kier molecular flexibility index (Phi) is 12.6. The van der Waals surface area contributed by atoms with E-state index in [4.69, 9.17) is 9.84 Å². The van der Waals surface area contributed by atoms with Crippen LogP contribution in [0.25, 0.3) is 0 Å². The summed E-state index contributed by atoms with van der Waals surface area (Å²) in [6, 6.07) is 0. The highest BCUT2D eigenvalue weighted by Gasteiger charge is 1.96. The molecule has 0 unspecified atom stereocenters. The molecule has 1 N–H and O–H groups in total. The number of hydrogen-bond acceptors (Lipinski definition) is 2. The molecule has 0 amide bonds. The third kappa shape index (κ3) is 15.2. The van der Waals surface area contributed by atoms with E-state index >= 15 is 0 Å². The fourth-order valence-corrected chi connectivity index (χ4v) is 1.71. The van der Waals surface area contributed by atoms with Crippen molar-refractivity contribution in [1.82, 2.24) is 0 Å². The lowest BCUT2D eigenvalue weighted by Crippen LogP contribution is -1.94. The summed E-state index contributed by atoms with van der Waals surface area (Å²) in [5, 5.41) is 8.46. The maximum absolute atomic E-state index is 10.3. The number of hydrogen-bond donors (Lipinski definition) is 1. The molecule has 3 heteroatoms. The molecule has 17 heavy (non-hydrogen) atoms. The van der Waals surface area contributed by atoms with Gasteiger partial charge in [0.25, 0.3) is 0 Å². The number of aliphatic carboxylic acids is 1. The molecule has 0 fully saturated rings. The Hall–Kier alpha value is -0.830. The molecule has 0 bridgehead atoms. The summed E-state index contributed by atoms with van der Waals surface area (Å²) >= 11 is 0. The van der Waals surface area contributed by atoms with Crippen molar-refractivity contribution in [2.75, 3.05) is 13.2 Å². The zero-order valence-corrected chi connectivity index (χ0v) is 10.8. The van der Waals surface area contributed by atoms with Crippen LogP contribution in [0.2, 0.25) is 0 Å². The van der Waals surface area contributed by atoms with Crippen molar-refractivity contribution in [3.05, 3.63) is 12.7 Å². The lowest BCUT2D eigenvalue weighted by atomic mass is 10.1. The van der Waals surface area contributed by atoms with E-state index in [1.807, 2.05) is 0 Å². The molecule has 100 valence electrons. The Labute approximate surface area is 105 Å². The van der Waals surface area contributed by atoms with Gasteiger partial charge in [0.2, 0.25) is 0 Å². The van der Waals surface area contributed by atoms with Crippen LogP contribution in [0, 0.1) is 0 Å². The van der Waals surface area contributed by atoms with Crippen molar-refractivity contribution >= 4 is 5.97 Å². The van der Waals surface area contributed by atoms with Crippen LogP contribution < -0.4 is 0 Å². The first-order valence-corrected chi connectivity index (χ1v) is 6.68. The van der Waals surface area contributed by atoms with Gasteiger partial charge < -0.3 is 9.84 Å². The van der Waals surface area contributed by atoms with Gasteiger partial charge in [-0.3, -0.25) is 4.79 Å². The van der Waals surface area contributed by atoms with Gasteiger partial charge in [0, 0.05) is 13.0 Å². The molecular weight excluding hydrogens is 216 g/mol. The maximum atomic E-state index is 10.3. The molecule has 0 aromatic heterocycles. The van der Waals surface area contributed by atoms with Gasteiger partial charge in [0.1, 0.15) is 0 Å². The molecule has 0 rings (SSSR count). The Morgan fingerprint density at radius 3 is 2.06 bits per heavy atom. The van der Waals surface area contributed by atoms with E-state index in [0.29, 0.717) is 13.0 Å². The van der Waals surface area contributed by atoms with Crippen molar-refractivity contribution < 1.29 is 14.6 Å². The summed E-state index contributed by atoms with van der Waals surface area (Å²) in [6.45, 7) is 5.09. The number of carboxylic acid groups (broad SMARTS) is 1. The van der Waals surface area contributed by atoms with Gasteiger partial charge in [-0.15, -0.1) is 6.58 Å². The van der Waals surface area contributed by atoms with Crippen molar-refractivity contribution in [2.45, 2.75) is 57.8 Å². The summed E-state index contributed by atoms with van der Waals surface area (Å²) in [5.41, 5.74) is 0. The lowest BCUT2D eigenvalue weighted by Gasteiger charge is -2.02. The zero-order chi connectivity index (χ0) is 12.8. The Morgan fingerprint density at radius 2 is 1.53 bits per heavy atom. The second-order valence-electron chi connectivity index (χ2n) is 4.34. The molecular formula is C14H26O3. The van der Waals surface area contributed by atoms with Crippen molar-refractivity contribution in [1.29, 1.82) is 0 Å². The topological polar surface area (TPSA) is 46.5 Å². The molecule has 0 saturated carbocycles. The fourth-order valence-electron chi connectivity index (χ4n) is 1.71. The normalized spacial score (nSPS) is 10.4. The molecule has 0 aliphatic rings. The minimum Gasteiger partial charge on any atom is -0.481 e. The maximum Gasteiger partial charge on any atom is 0.303 e. The highest BCUT2D eigenvalue weighted by molar-refractivity contribution is 5.66. The van der Waals surface area contributed by atoms with Crippen LogP contribution in [-0.4, -0.2) is 24.3 Å². The van der Waals surface area contributed by atoms with E-state index in [9.17, 15) is 4.79 Å². The number of ether oxygens (including phenoxy) is 1. The molecule has 0 aromatic carbocycles. The fraction of sp³-hybridized carbons (Fsp3) is 0.786. The second-order valence-corrected chi connectivity index (χ2v) is 4.34. The third-order valence-corrected chi connectivity index (χ3v) is 2.67. The zero-order valence-electron chi connectivity index (χ0n) is 10.8. The number of carboxylic acids is 1. The Balaban J connectivity index is 2.94. The van der Waals surface area contributed by atoms with E-state index < -0.39 is 5.97 Å². The average molecular weight is 242 g/mol. The van der Waals surface area contributed by atoms with Crippen LogP contribution in [-0.2, 0) is 9.53 Å². The standard InChI is InChI=1S/C14H26O3/c1-2-12-17-13-10-8-6-4-3-5-7-9-11-14(15)16/h2H,1,3-13H2,(H,15,16). The highest BCUT2D eigenvalue weighted by atomic mass is 16.5. The largest absolute Gasteiger partial charge is 0.481 e. The van der Waals surface area contributed by atoms with Crippen molar-refractivity contribution in [3.8, 4) is 0 Å². The number of unbranched alkanes of at least 4 members (excludes halogenated alkanes) is 7. The summed E-state index contributed by atoms with van der Waals surface area (Å²) in [7, 11) is 0. The van der Waals surface area contributed by atoms with Crippen LogP contribution in [0.4, 0.5) is 0 Å². The van der Waals surface area contributed by atoms with Crippen molar-refractivity contribution in [3.63, 3.8) is 0 Å². The van der Waals surface area contributed by atoms with Gasteiger partial charge in [-0.2, -0.15) is 0 Å². The Bertz CT molecular complexity index is 190. The number of rotatable bonds is 13. The van der Waals surface area contributed by atoms with Crippen molar-refractivity contribution in [2.24, 2.45) is 0 Å². The molecule has 0 saturated heterocycles. The third-order valence-electron chi connectivity index (χ3n) is 2.67. The second kappa shape index (κ2) is 13.2. The Morgan fingerprint density at radius 1 is 1.00 bits per heavy atom. The van der Waals surface area contributed by atoms with Crippen LogP contribution >= 0.6 is 0 Å². The lowest BCUT2D eigenvalue weighted by molar-refractivity contribution is -0.137. The van der Waals surface area contributed by atoms with Crippen LogP contribution in [0.5, 0.6) is 0 Å². The van der Waals surface area contributed by atoms with Gasteiger partial charge >= 0.3 is 5.97 Å². The minimum atomic E-state index is -0.676. The van der Waals surface area contributed by atoms with E-state index in [2.05, 4.69) is 6.58 Å². The molecule has 0 radical (unpaired) electrons. The first-order valence-electron chi connectivity index (χ1n) is 6.68. The molecule has 0 aromatic rings. The summed E-state index contributed by atoms with van der Waals surface area (Å²) in [4.78, 5) is 10.3. The van der Waals surface area contributed by atoms with Gasteiger partial charge in [-0.1, -0.05) is 44.6 Å².